The Bertz CT molecular complexity index is 383. The zero-order valence-corrected chi connectivity index (χ0v) is 12.2. The molecule has 1 aromatic rings. The largest absolute Gasteiger partial charge is 1.00 e. The standard InChI is InChI=1S/C6H7BF3N2OS.K/c1-4-2-5(13)12-6(11-4)14-3-7(8,9)10;/h2H,3H2,1H3,(H,11,12,13);/q-1;+1. The predicted octanol–water partition coefficient (Wildman–Crippen LogP) is -1.44. The number of aryl methyl sites for hydroxylation is 1. The monoisotopic (exact) mass is 262 g/mol. The van der Waals surface area contributed by atoms with Crippen LogP contribution in [0.25, 0.3) is 0 Å². The summed E-state index contributed by atoms with van der Waals surface area (Å²) in [6, 6.07) is 1.22. The summed E-state index contributed by atoms with van der Waals surface area (Å²) in [5.74, 6) is 0. The maximum absolute atomic E-state index is 11.9. The van der Waals surface area contributed by atoms with E-state index in [1.54, 1.807) is 6.92 Å². The SMILES string of the molecule is Cc1cc(=O)[nH]c(SC[B-](F)(F)F)n1.[K+]. The van der Waals surface area contributed by atoms with E-state index < -0.39 is 18.2 Å². The molecule has 0 fully saturated rings. The average molecular weight is 262 g/mol. The Morgan fingerprint density at radius 1 is 1.53 bits per heavy atom. The second-order valence-electron chi connectivity index (χ2n) is 2.71. The molecule has 0 aromatic carbocycles. The Kier molecular flexibility index (Phi) is 6.77. The molecule has 3 nitrogen and oxygen atoms in total. The van der Waals surface area contributed by atoms with Gasteiger partial charge in [0.05, 0.1) is 0 Å². The molecule has 0 saturated heterocycles. The molecule has 0 aliphatic rings. The van der Waals surface area contributed by atoms with Crippen molar-refractivity contribution in [1.82, 2.24) is 9.97 Å². The zero-order valence-electron chi connectivity index (χ0n) is 8.26. The van der Waals surface area contributed by atoms with Crippen molar-refractivity contribution in [2.24, 2.45) is 0 Å². The van der Waals surface area contributed by atoms with E-state index in [1.807, 2.05) is 0 Å². The quantitative estimate of drug-likeness (QED) is 0.412. The van der Waals surface area contributed by atoms with Crippen LogP contribution in [0.4, 0.5) is 12.9 Å². The van der Waals surface area contributed by atoms with Crippen LogP contribution in [0, 0.1) is 6.92 Å². The van der Waals surface area contributed by atoms with E-state index in [9.17, 15) is 17.7 Å². The second-order valence-corrected chi connectivity index (χ2v) is 3.72. The molecule has 78 valence electrons. The van der Waals surface area contributed by atoms with Crippen molar-refractivity contribution in [3.05, 3.63) is 22.1 Å². The molecule has 0 aliphatic carbocycles. The molecule has 0 saturated carbocycles. The molecule has 0 bridgehead atoms. The van der Waals surface area contributed by atoms with E-state index in [1.165, 1.54) is 6.07 Å². The van der Waals surface area contributed by atoms with Crippen molar-refractivity contribution >= 4 is 18.7 Å². The first-order chi connectivity index (χ1) is 6.37. The molecular formula is C6H7BF3KN2OS. The molecule has 1 aromatic heterocycles. The third-order valence-corrected chi connectivity index (χ3v) is 2.27. The van der Waals surface area contributed by atoms with E-state index in [2.05, 4.69) is 9.97 Å². The fourth-order valence-electron chi connectivity index (χ4n) is 0.793. The third kappa shape index (κ3) is 6.80. The van der Waals surface area contributed by atoms with Gasteiger partial charge in [-0.3, -0.25) is 4.79 Å². The summed E-state index contributed by atoms with van der Waals surface area (Å²) in [7, 11) is 0. The Hall–Kier alpha value is 0.721. The van der Waals surface area contributed by atoms with Gasteiger partial charge in [0.15, 0.2) is 5.16 Å². The number of aromatic amines is 1. The van der Waals surface area contributed by atoms with Gasteiger partial charge in [-0.2, -0.15) is 0 Å². The topological polar surface area (TPSA) is 45.8 Å². The van der Waals surface area contributed by atoms with Crippen LogP contribution >= 0.6 is 11.8 Å². The van der Waals surface area contributed by atoms with Crippen LogP contribution in [-0.4, -0.2) is 22.6 Å². The molecule has 0 atom stereocenters. The van der Waals surface area contributed by atoms with E-state index in [0.29, 0.717) is 17.5 Å². The number of rotatable bonds is 3. The Balaban J connectivity index is 0.00000196. The molecule has 0 aliphatic heterocycles. The van der Waals surface area contributed by atoms with Crippen molar-refractivity contribution in [1.29, 1.82) is 0 Å². The first-order valence-corrected chi connectivity index (χ1v) is 4.77. The minimum absolute atomic E-state index is 0. The molecule has 0 radical (unpaired) electrons. The van der Waals surface area contributed by atoms with Crippen molar-refractivity contribution in [2.45, 2.75) is 12.1 Å². The molecule has 1 heterocycles. The van der Waals surface area contributed by atoms with E-state index >= 15 is 0 Å². The number of nitrogens with one attached hydrogen (secondary N) is 1. The number of H-pyrrole nitrogens is 1. The fourth-order valence-corrected chi connectivity index (χ4v) is 1.52. The van der Waals surface area contributed by atoms with Gasteiger partial charge in [0.2, 0.25) is 0 Å². The van der Waals surface area contributed by atoms with Crippen LogP contribution in [-0.2, 0) is 0 Å². The zero-order chi connectivity index (χ0) is 10.8. The Labute approximate surface area is 131 Å². The first-order valence-electron chi connectivity index (χ1n) is 3.78. The molecule has 1 N–H and O–H groups in total. The smallest absolute Gasteiger partial charge is 0.448 e. The maximum Gasteiger partial charge on any atom is 1.00 e. The van der Waals surface area contributed by atoms with E-state index in [-0.39, 0.29) is 56.5 Å². The van der Waals surface area contributed by atoms with Crippen molar-refractivity contribution < 1.29 is 64.3 Å². The van der Waals surface area contributed by atoms with E-state index in [4.69, 9.17) is 0 Å². The van der Waals surface area contributed by atoms with Crippen LogP contribution in [0.3, 0.4) is 0 Å². The predicted molar refractivity (Wildman–Crippen MR) is 49.4 cm³/mol. The molecular weight excluding hydrogens is 255 g/mol. The van der Waals surface area contributed by atoms with Crippen LogP contribution in [0.1, 0.15) is 5.69 Å². The van der Waals surface area contributed by atoms with Gasteiger partial charge in [-0.1, -0.05) is 0 Å². The molecule has 9 heteroatoms. The third-order valence-electron chi connectivity index (χ3n) is 1.26. The van der Waals surface area contributed by atoms with Gasteiger partial charge >= 0.3 is 58.4 Å². The van der Waals surface area contributed by atoms with Crippen molar-refractivity contribution in [3.8, 4) is 0 Å². The van der Waals surface area contributed by atoms with Gasteiger partial charge in [-0.15, -0.1) is 11.8 Å². The maximum atomic E-state index is 11.9. The number of hydrogen-bond acceptors (Lipinski definition) is 3. The summed E-state index contributed by atoms with van der Waals surface area (Å²) >= 11 is 0.492. The summed E-state index contributed by atoms with van der Waals surface area (Å²) in [6.45, 7) is -3.30. The Morgan fingerprint density at radius 3 is 2.60 bits per heavy atom. The van der Waals surface area contributed by atoms with Gasteiger partial charge in [0.1, 0.15) is 0 Å². The van der Waals surface area contributed by atoms with Gasteiger partial charge < -0.3 is 17.9 Å². The number of hydrogen-bond donors (Lipinski definition) is 1. The summed E-state index contributed by atoms with van der Waals surface area (Å²) in [5.41, 5.74) is -1.02. The van der Waals surface area contributed by atoms with E-state index in [0.717, 1.165) is 0 Å². The van der Waals surface area contributed by atoms with Gasteiger partial charge in [-0.25, -0.2) is 4.98 Å². The summed E-state index contributed by atoms with van der Waals surface area (Å²) in [5, 5.41) is 0.00852. The molecule has 0 amide bonds. The van der Waals surface area contributed by atoms with Crippen LogP contribution in [0.5, 0.6) is 0 Å². The van der Waals surface area contributed by atoms with Crippen LogP contribution < -0.4 is 56.9 Å². The average Bonchev–Trinajstić information content (AvgIpc) is 1.97. The van der Waals surface area contributed by atoms with Crippen molar-refractivity contribution in [3.63, 3.8) is 0 Å². The van der Waals surface area contributed by atoms with Crippen molar-refractivity contribution in [2.75, 3.05) is 5.65 Å². The Morgan fingerprint density at radius 2 is 2.13 bits per heavy atom. The number of nitrogens with zero attached hydrogens (tertiary/aromatic N) is 1. The second kappa shape index (κ2) is 6.46. The van der Waals surface area contributed by atoms with Gasteiger partial charge in [-0.05, 0) is 12.6 Å². The van der Waals surface area contributed by atoms with Crippen LogP contribution in [0.2, 0.25) is 0 Å². The number of thioether (sulfide) groups is 1. The minimum Gasteiger partial charge on any atom is -0.448 e. The summed E-state index contributed by atoms with van der Waals surface area (Å²) < 4.78 is 35.6. The van der Waals surface area contributed by atoms with Gasteiger partial charge in [0.25, 0.3) is 5.56 Å². The fraction of sp³-hybridized carbons (Fsp3) is 0.333. The molecule has 15 heavy (non-hydrogen) atoms. The van der Waals surface area contributed by atoms with Crippen LogP contribution in [0.15, 0.2) is 16.0 Å². The number of aromatic nitrogens is 2. The molecule has 1 rings (SSSR count). The minimum atomic E-state index is -4.85. The normalized spacial score (nSPS) is 10.9. The molecule has 0 unspecified atom stereocenters. The first kappa shape index (κ1) is 15.7. The summed E-state index contributed by atoms with van der Waals surface area (Å²) in [4.78, 5) is 16.8. The summed E-state index contributed by atoms with van der Waals surface area (Å²) in [6.07, 6.45) is 0. The number of halogens is 3. The molecule has 0 spiro atoms. The van der Waals surface area contributed by atoms with Gasteiger partial charge in [0, 0.05) is 11.8 Å².